The lowest BCUT2D eigenvalue weighted by Gasteiger charge is -2.26. The normalized spacial score (nSPS) is 16.0. The number of benzene rings is 1. The maximum Gasteiger partial charge on any atom is 0.323 e. The number of fused-ring (bicyclic) bond motifs is 1. The fourth-order valence-corrected chi connectivity index (χ4v) is 5.26. The number of nitrogen functional groups attached to an aromatic ring is 1. The van der Waals surface area contributed by atoms with Crippen LogP contribution in [0.15, 0.2) is 36.5 Å². The van der Waals surface area contributed by atoms with Crippen molar-refractivity contribution in [2.75, 3.05) is 24.3 Å². The first-order chi connectivity index (χ1) is 18.3. The molecule has 2 aromatic heterocycles. The highest BCUT2D eigenvalue weighted by molar-refractivity contribution is 5.92. The minimum atomic E-state index is -0.307. The number of ether oxygens (including phenoxy) is 1. The summed E-state index contributed by atoms with van der Waals surface area (Å²) >= 11 is 0. The van der Waals surface area contributed by atoms with E-state index in [1.54, 1.807) is 17.0 Å². The Morgan fingerprint density at radius 1 is 1.24 bits per heavy atom. The maximum atomic E-state index is 13.6. The second-order valence-electron chi connectivity index (χ2n) is 10.9. The molecule has 9 heteroatoms. The Bertz CT molecular complexity index is 1260. The van der Waals surface area contributed by atoms with Crippen LogP contribution in [0, 0.1) is 11.7 Å². The molecule has 0 aliphatic carbocycles. The number of anilines is 2. The number of urea groups is 1. The summed E-state index contributed by atoms with van der Waals surface area (Å²) in [7, 11) is 0. The Labute approximate surface area is 223 Å². The van der Waals surface area contributed by atoms with Crippen molar-refractivity contribution in [2.24, 2.45) is 5.92 Å². The number of hydrogen-bond acceptors (Lipinski definition) is 5. The summed E-state index contributed by atoms with van der Waals surface area (Å²) in [6, 6.07) is 8.28. The number of amides is 2. The monoisotopic (exact) mass is 520 g/mol. The summed E-state index contributed by atoms with van der Waals surface area (Å²) in [5.74, 6) is 0.762. The first-order valence-electron chi connectivity index (χ1n) is 13.6. The van der Waals surface area contributed by atoms with Gasteiger partial charge < -0.3 is 15.4 Å². The van der Waals surface area contributed by atoms with E-state index in [0.29, 0.717) is 49.4 Å². The highest BCUT2D eigenvalue weighted by Gasteiger charge is 2.30. The second kappa shape index (κ2) is 11.1. The number of halogens is 1. The first kappa shape index (κ1) is 26.2. The highest BCUT2D eigenvalue weighted by atomic mass is 19.1. The van der Waals surface area contributed by atoms with Crippen molar-refractivity contribution in [3.05, 3.63) is 59.2 Å². The number of unbranched alkanes of at least 4 members (excludes halogenated alkanes) is 1. The summed E-state index contributed by atoms with van der Waals surface area (Å²) in [4.78, 5) is 19.8. The summed E-state index contributed by atoms with van der Waals surface area (Å²) in [5, 5.41) is 7.65. The third-order valence-corrected chi connectivity index (χ3v) is 7.44. The molecule has 1 aromatic carbocycles. The van der Waals surface area contributed by atoms with E-state index in [1.807, 2.05) is 16.9 Å². The lowest BCUT2D eigenvalue weighted by atomic mass is 9.85. The van der Waals surface area contributed by atoms with Gasteiger partial charge in [0.1, 0.15) is 5.82 Å². The zero-order valence-electron chi connectivity index (χ0n) is 22.4. The number of pyridine rings is 1. The van der Waals surface area contributed by atoms with E-state index in [-0.39, 0.29) is 23.8 Å². The van der Waals surface area contributed by atoms with Crippen molar-refractivity contribution in [3.63, 3.8) is 0 Å². The number of hydrogen-bond donors (Lipinski definition) is 2. The Hall–Kier alpha value is -3.46. The van der Waals surface area contributed by atoms with Crippen LogP contribution < -0.4 is 11.1 Å². The first-order valence-corrected chi connectivity index (χ1v) is 13.6. The molecule has 4 heterocycles. The Morgan fingerprint density at radius 2 is 2.00 bits per heavy atom. The van der Waals surface area contributed by atoms with Gasteiger partial charge in [0.15, 0.2) is 5.82 Å². The van der Waals surface area contributed by atoms with Crippen LogP contribution in [0.25, 0.3) is 11.3 Å². The van der Waals surface area contributed by atoms with Gasteiger partial charge in [0.25, 0.3) is 0 Å². The predicted molar refractivity (Wildman–Crippen MR) is 146 cm³/mol. The molecule has 38 heavy (non-hydrogen) atoms. The molecule has 5 rings (SSSR count). The van der Waals surface area contributed by atoms with Gasteiger partial charge in [0.2, 0.25) is 0 Å². The smallest absolute Gasteiger partial charge is 0.323 e. The average Bonchev–Trinajstić information content (AvgIpc) is 3.42. The minimum absolute atomic E-state index is 0.236. The largest absolute Gasteiger partial charge is 0.395 e. The molecule has 1 unspecified atom stereocenters. The Kier molecular flexibility index (Phi) is 7.65. The van der Waals surface area contributed by atoms with Crippen molar-refractivity contribution in [1.29, 1.82) is 0 Å². The minimum Gasteiger partial charge on any atom is -0.395 e. The average molecular weight is 521 g/mol. The molecule has 0 saturated carbocycles. The van der Waals surface area contributed by atoms with Gasteiger partial charge >= 0.3 is 6.03 Å². The van der Waals surface area contributed by atoms with E-state index >= 15 is 0 Å². The summed E-state index contributed by atoms with van der Waals surface area (Å²) in [5.41, 5.74) is 11.6. The summed E-state index contributed by atoms with van der Waals surface area (Å²) in [6.07, 6.45) is 6.17. The number of carbonyl (C=O) groups is 1. The fraction of sp³-hybridized carbons (Fsp3) is 0.483. The van der Waals surface area contributed by atoms with E-state index in [9.17, 15) is 9.18 Å². The number of aromatic nitrogens is 3. The SMILES string of the molecule is CCCCC(CC(C)C)c1cc(-c2ccc(F)cc2)nc(NC(=O)N2Cc3cn(C4COC4)nc3C2)c1N. The van der Waals surface area contributed by atoms with Crippen molar-refractivity contribution in [3.8, 4) is 11.3 Å². The molecular formula is C29H37FN6O2. The van der Waals surface area contributed by atoms with Crippen LogP contribution in [-0.2, 0) is 17.8 Å². The van der Waals surface area contributed by atoms with Gasteiger partial charge in [-0.05, 0) is 60.6 Å². The third-order valence-electron chi connectivity index (χ3n) is 7.44. The van der Waals surface area contributed by atoms with E-state index < -0.39 is 0 Å². The van der Waals surface area contributed by atoms with Crippen molar-refractivity contribution >= 4 is 17.5 Å². The third kappa shape index (κ3) is 5.53. The Balaban J connectivity index is 1.42. The van der Waals surface area contributed by atoms with Gasteiger partial charge in [-0.1, -0.05) is 33.6 Å². The van der Waals surface area contributed by atoms with E-state index in [0.717, 1.165) is 48.1 Å². The summed E-state index contributed by atoms with van der Waals surface area (Å²) < 4.78 is 20.9. The molecule has 3 aromatic rings. The molecule has 3 N–H and O–H groups in total. The number of nitrogens with zero attached hydrogens (tertiary/aromatic N) is 4. The number of nitrogens with two attached hydrogens (primary N) is 1. The molecule has 0 spiro atoms. The standard InChI is InChI=1S/C29H37FN6O2/c1-4-5-6-20(11-18(2)3)24-12-25(19-7-9-22(30)10-8-19)32-28(27(24)31)33-29(37)35-13-21-14-36(23-16-38-17-23)34-26(21)15-35/h7-10,12,14,18,20,23H,4-6,11,13,15-17,31H2,1-3H3,(H,32,33,37). The Morgan fingerprint density at radius 3 is 2.63 bits per heavy atom. The maximum absolute atomic E-state index is 13.6. The van der Waals surface area contributed by atoms with E-state index in [4.69, 9.17) is 15.5 Å². The van der Waals surface area contributed by atoms with Crippen LogP contribution >= 0.6 is 0 Å². The van der Waals surface area contributed by atoms with Crippen LogP contribution in [0.3, 0.4) is 0 Å². The zero-order chi connectivity index (χ0) is 26.8. The fourth-order valence-electron chi connectivity index (χ4n) is 5.26. The van der Waals surface area contributed by atoms with Gasteiger partial charge in [-0.15, -0.1) is 0 Å². The molecule has 202 valence electrons. The molecule has 0 radical (unpaired) electrons. The number of carbonyl (C=O) groups excluding carboxylic acids is 1. The molecule has 1 fully saturated rings. The van der Waals surface area contributed by atoms with Crippen LogP contribution in [0.5, 0.6) is 0 Å². The van der Waals surface area contributed by atoms with Crippen molar-refractivity contribution < 1.29 is 13.9 Å². The van der Waals surface area contributed by atoms with Crippen LogP contribution in [0.4, 0.5) is 20.7 Å². The lowest BCUT2D eigenvalue weighted by Crippen LogP contribution is -2.33. The van der Waals surface area contributed by atoms with Crippen molar-refractivity contribution in [1.82, 2.24) is 19.7 Å². The lowest BCUT2D eigenvalue weighted by molar-refractivity contribution is -0.0289. The number of rotatable bonds is 9. The second-order valence-corrected chi connectivity index (χ2v) is 10.9. The van der Waals surface area contributed by atoms with Gasteiger partial charge in [0, 0.05) is 17.3 Å². The van der Waals surface area contributed by atoms with E-state index in [1.165, 1.54) is 12.1 Å². The molecule has 1 saturated heterocycles. The summed E-state index contributed by atoms with van der Waals surface area (Å²) in [6.45, 7) is 8.87. The topological polar surface area (TPSA) is 98.3 Å². The van der Waals surface area contributed by atoms with Gasteiger partial charge in [-0.2, -0.15) is 5.10 Å². The molecule has 2 aliphatic rings. The quantitative estimate of drug-likeness (QED) is 0.355. The predicted octanol–water partition coefficient (Wildman–Crippen LogP) is 6.11. The highest BCUT2D eigenvalue weighted by Crippen LogP contribution is 2.38. The molecule has 8 nitrogen and oxygen atoms in total. The van der Waals surface area contributed by atoms with Gasteiger partial charge in [-0.3, -0.25) is 10.00 Å². The molecule has 2 aliphatic heterocycles. The van der Waals surface area contributed by atoms with Gasteiger partial charge in [-0.25, -0.2) is 14.2 Å². The van der Waals surface area contributed by atoms with Crippen LogP contribution in [-0.4, -0.2) is 38.9 Å². The molecular weight excluding hydrogens is 483 g/mol. The van der Waals surface area contributed by atoms with E-state index in [2.05, 4.69) is 31.2 Å². The molecule has 0 bridgehead atoms. The zero-order valence-corrected chi connectivity index (χ0v) is 22.4. The van der Waals surface area contributed by atoms with Gasteiger partial charge in [0.05, 0.1) is 49.4 Å². The molecule has 2 amide bonds. The number of nitrogens with one attached hydrogen (secondary N) is 1. The van der Waals surface area contributed by atoms with Crippen LogP contribution in [0.1, 0.15) is 75.2 Å². The van der Waals surface area contributed by atoms with Crippen LogP contribution in [0.2, 0.25) is 0 Å². The van der Waals surface area contributed by atoms with Crippen molar-refractivity contribution in [2.45, 2.75) is 71.5 Å². The molecule has 1 atom stereocenters.